The fraction of sp³-hybridized carbons (Fsp3) is 0.600. The average Bonchev–Trinajstić information content (AvgIpc) is 1.96. The minimum Gasteiger partial charge on any atom is -0.310 e. The Morgan fingerprint density at radius 3 is 3.00 bits per heavy atom. The van der Waals surface area contributed by atoms with Gasteiger partial charge in [-0.1, -0.05) is 11.8 Å². The van der Waals surface area contributed by atoms with Crippen LogP contribution in [0.1, 0.15) is 6.42 Å². The van der Waals surface area contributed by atoms with Crippen LogP contribution in [0.5, 0.6) is 0 Å². The van der Waals surface area contributed by atoms with E-state index >= 15 is 0 Å². The van der Waals surface area contributed by atoms with Crippen molar-refractivity contribution in [2.75, 3.05) is 6.26 Å². The van der Waals surface area contributed by atoms with Crippen molar-refractivity contribution in [3.05, 3.63) is 0 Å². The highest BCUT2D eigenvalue weighted by atomic mass is 32.2. The summed E-state index contributed by atoms with van der Waals surface area (Å²) >= 11 is 1.39. The molecule has 0 aromatic heterocycles. The van der Waals surface area contributed by atoms with Gasteiger partial charge in [0.05, 0.1) is 0 Å². The van der Waals surface area contributed by atoms with Crippen LogP contribution < -0.4 is 11.6 Å². The van der Waals surface area contributed by atoms with E-state index in [9.17, 15) is 0 Å². The highest BCUT2D eigenvalue weighted by Gasteiger charge is 2.21. The van der Waals surface area contributed by atoms with E-state index in [1.807, 2.05) is 6.26 Å². The summed E-state index contributed by atoms with van der Waals surface area (Å²) in [6.45, 7) is 0. The van der Waals surface area contributed by atoms with Crippen molar-refractivity contribution >= 4 is 22.8 Å². The summed E-state index contributed by atoms with van der Waals surface area (Å²) in [5.41, 5.74) is 5.60. The van der Waals surface area contributed by atoms with Gasteiger partial charge in [-0.25, -0.2) is 10.8 Å². The number of hydrogen-bond acceptors (Lipinski definition) is 5. The molecule has 6 heteroatoms. The van der Waals surface area contributed by atoms with Crippen LogP contribution >= 0.6 is 11.8 Å². The van der Waals surface area contributed by atoms with Gasteiger partial charge in [0.2, 0.25) is 0 Å². The summed E-state index contributed by atoms with van der Waals surface area (Å²) in [6.07, 6.45) is 1.97. The first-order chi connectivity index (χ1) is 5.15. The molecule has 1 aliphatic rings. The lowest BCUT2D eigenvalue weighted by Gasteiger charge is -2.29. The molecule has 1 atom stereocenters. The van der Waals surface area contributed by atoms with Gasteiger partial charge in [0.25, 0.3) is 0 Å². The fourth-order valence-electron chi connectivity index (χ4n) is 0.808. The number of nitrogens with zero attached hydrogens (tertiary/aromatic N) is 2. The number of rotatable bonds is 0. The Kier molecular flexibility index (Phi) is 2.48. The topological polar surface area (TPSA) is 91.5 Å². The van der Waals surface area contributed by atoms with Gasteiger partial charge in [-0.15, -0.1) is 0 Å². The van der Waals surface area contributed by atoms with Crippen LogP contribution in [0.2, 0.25) is 0 Å². The van der Waals surface area contributed by atoms with E-state index in [-0.39, 0.29) is 6.17 Å². The zero-order valence-corrected chi connectivity index (χ0v) is 7.06. The van der Waals surface area contributed by atoms with Crippen LogP contribution in [0.25, 0.3) is 0 Å². The molecule has 0 aliphatic carbocycles. The van der Waals surface area contributed by atoms with Crippen LogP contribution in [-0.4, -0.2) is 28.4 Å². The minimum absolute atomic E-state index is 0.295. The number of thioether (sulfide) groups is 1. The predicted molar refractivity (Wildman–Crippen MR) is 47.3 cm³/mol. The third-order valence-electron chi connectivity index (χ3n) is 1.39. The van der Waals surface area contributed by atoms with Crippen molar-refractivity contribution in [2.45, 2.75) is 12.6 Å². The van der Waals surface area contributed by atoms with E-state index in [0.29, 0.717) is 17.4 Å². The van der Waals surface area contributed by atoms with Crippen LogP contribution in [0.15, 0.2) is 4.99 Å². The number of amidine groups is 2. The molecule has 0 aromatic rings. The second kappa shape index (κ2) is 3.21. The molecule has 0 fully saturated rings. The quantitative estimate of drug-likeness (QED) is 0.432. The molecule has 1 heterocycles. The summed E-state index contributed by atoms with van der Waals surface area (Å²) in [7, 11) is 0. The van der Waals surface area contributed by atoms with E-state index in [1.165, 1.54) is 16.8 Å². The molecule has 5 N–H and O–H groups in total. The monoisotopic (exact) mass is 173 g/mol. The molecule has 11 heavy (non-hydrogen) atoms. The van der Waals surface area contributed by atoms with E-state index in [2.05, 4.69) is 4.99 Å². The van der Waals surface area contributed by atoms with Crippen molar-refractivity contribution in [2.24, 2.45) is 16.6 Å². The molecule has 1 unspecified atom stereocenters. The maximum atomic E-state index is 7.28. The van der Waals surface area contributed by atoms with E-state index < -0.39 is 0 Å². The van der Waals surface area contributed by atoms with Gasteiger partial charge in [-0.3, -0.25) is 10.4 Å². The second-order valence-corrected chi connectivity index (χ2v) is 3.00. The standard InChI is InChI=1S/C5H11N5S/c1-11-5-9-3(6)2-4(7)10(5)8/h4,6H,2,7-8H2,1H3. The number of hydrazine groups is 1. The van der Waals surface area contributed by atoms with Gasteiger partial charge in [-0.05, 0) is 6.26 Å². The lowest BCUT2D eigenvalue weighted by atomic mass is 10.3. The molecule has 1 rings (SSSR count). The number of aliphatic imine (C=N–C) groups is 1. The third-order valence-corrected chi connectivity index (χ3v) is 2.06. The van der Waals surface area contributed by atoms with Crippen LogP contribution in [0, 0.1) is 5.41 Å². The van der Waals surface area contributed by atoms with Gasteiger partial charge in [0, 0.05) is 6.42 Å². The van der Waals surface area contributed by atoms with E-state index in [1.54, 1.807) is 0 Å². The summed E-state index contributed by atoms with van der Waals surface area (Å²) in [5.74, 6) is 5.85. The highest BCUT2D eigenvalue weighted by Crippen LogP contribution is 2.11. The molecule has 0 spiro atoms. The molecule has 0 aromatic carbocycles. The van der Waals surface area contributed by atoms with Crippen molar-refractivity contribution in [3.8, 4) is 0 Å². The van der Waals surface area contributed by atoms with Crippen molar-refractivity contribution in [1.29, 1.82) is 5.41 Å². The molecular weight excluding hydrogens is 162 g/mol. The molecule has 0 radical (unpaired) electrons. The first kappa shape index (κ1) is 8.51. The lowest BCUT2D eigenvalue weighted by molar-refractivity contribution is 0.334. The molecule has 5 nitrogen and oxygen atoms in total. The molecule has 0 saturated carbocycles. The Balaban J connectivity index is 2.81. The normalized spacial score (nSPS) is 25.4. The zero-order valence-electron chi connectivity index (χ0n) is 6.24. The molecular formula is C5H11N5S. The lowest BCUT2D eigenvalue weighted by Crippen LogP contribution is -2.52. The van der Waals surface area contributed by atoms with Crippen LogP contribution in [-0.2, 0) is 0 Å². The van der Waals surface area contributed by atoms with Crippen molar-refractivity contribution < 1.29 is 0 Å². The van der Waals surface area contributed by atoms with E-state index in [4.69, 9.17) is 17.0 Å². The maximum Gasteiger partial charge on any atom is 0.181 e. The largest absolute Gasteiger partial charge is 0.310 e. The Bertz CT molecular complexity index is 201. The van der Waals surface area contributed by atoms with Crippen molar-refractivity contribution in [1.82, 2.24) is 5.01 Å². The average molecular weight is 173 g/mol. The summed E-state index contributed by atoms with van der Waals surface area (Å²) < 4.78 is 0. The Hall–Kier alpha value is -0.590. The first-order valence-electron chi connectivity index (χ1n) is 3.14. The zero-order chi connectivity index (χ0) is 8.43. The Labute approximate surface area is 69.3 Å². The number of nitrogens with two attached hydrogens (primary N) is 2. The molecule has 0 saturated heterocycles. The summed E-state index contributed by atoms with van der Waals surface area (Å²) in [4.78, 5) is 3.92. The molecule has 0 bridgehead atoms. The van der Waals surface area contributed by atoms with Gasteiger partial charge in [-0.2, -0.15) is 0 Å². The Morgan fingerprint density at radius 2 is 2.45 bits per heavy atom. The minimum atomic E-state index is -0.303. The smallest absolute Gasteiger partial charge is 0.181 e. The number of nitrogens with one attached hydrogen (secondary N) is 1. The van der Waals surface area contributed by atoms with Gasteiger partial charge in [0.15, 0.2) is 5.17 Å². The fourth-order valence-corrected chi connectivity index (χ4v) is 1.36. The van der Waals surface area contributed by atoms with E-state index in [0.717, 1.165) is 0 Å². The molecule has 0 amide bonds. The van der Waals surface area contributed by atoms with Crippen molar-refractivity contribution in [3.63, 3.8) is 0 Å². The van der Waals surface area contributed by atoms with Gasteiger partial charge < -0.3 is 5.73 Å². The van der Waals surface area contributed by atoms with Crippen LogP contribution in [0.4, 0.5) is 0 Å². The first-order valence-corrected chi connectivity index (χ1v) is 4.37. The van der Waals surface area contributed by atoms with Gasteiger partial charge in [0.1, 0.15) is 12.0 Å². The number of hydrogen-bond donors (Lipinski definition) is 3. The SMILES string of the molecule is CSC1=NC(=N)CC(N)N1N. The summed E-state index contributed by atoms with van der Waals surface area (Å²) in [5, 5.41) is 9.28. The molecule has 1 aliphatic heterocycles. The Morgan fingerprint density at radius 1 is 1.82 bits per heavy atom. The second-order valence-electron chi connectivity index (χ2n) is 2.22. The third kappa shape index (κ3) is 1.70. The molecule has 62 valence electrons. The summed E-state index contributed by atoms with van der Waals surface area (Å²) in [6, 6.07) is 0. The maximum absolute atomic E-state index is 7.28. The highest BCUT2D eigenvalue weighted by molar-refractivity contribution is 8.13. The van der Waals surface area contributed by atoms with Gasteiger partial charge >= 0.3 is 0 Å². The van der Waals surface area contributed by atoms with Crippen LogP contribution in [0.3, 0.4) is 0 Å². The predicted octanol–water partition coefficient (Wildman–Crippen LogP) is -0.453.